The molecule has 3 N–H and O–H groups in total. The molecule has 1 heterocycles. The molecule has 1 aromatic heterocycles. The van der Waals surface area contributed by atoms with Gasteiger partial charge in [0, 0.05) is 19.9 Å². The first-order valence-electron chi connectivity index (χ1n) is 5.27. The van der Waals surface area contributed by atoms with Crippen LogP contribution >= 0.6 is 11.3 Å². The maximum atomic E-state index is 11.6. The van der Waals surface area contributed by atoms with Gasteiger partial charge in [-0.3, -0.25) is 9.59 Å². The Morgan fingerprint density at radius 1 is 1.39 bits per heavy atom. The fourth-order valence-electron chi connectivity index (χ4n) is 1.31. The minimum atomic E-state index is -1.06. The number of hydrogen-bond acceptors (Lipinski definition) is 4. The second-order valence-corrected chi connectivity index (χ2v) is 4.59. The summed E-state index contributed by atoms with van der Waals surface area (Å²) >= 11 is 1.07. The van der Waals surface area contributed by atoms with Gasteiger partial charge in [0.1, 0.15) is 4.88 Å². The molecule has 0 aliphatic heterocycles. The lowest BCUT2D eigenvalue weighted by Crippen LogP contribution is -2.25. The standard InChI is InChI=1S/C11H14N2O4S/c1-6-5-18-10(11(16)17)9(6)13-8(15)3-4-12-7(2)14/h5H,3-4H2,1-2H3,(H,12,14)(H,13,15)(H,16,17). The molecule has 1 aromatic rings. The van der Waals surface area contributed by atoms with Gasteiger partial charge in [-0.2, -0.15) is 0 Å². The third-order valence-electron chi connectivity index (χ3n) is 2.16. The number of carbonyl (C=O) groups is 3. The molecule has 6 nitrogen and oxygen atoms in total. The Kier molecular flexibility index (Phi) is 4.85. The fourth-order valence-corrected chi connectivity index (χ4v) is 2.15. The second kappa shape index (κ2) is 6.15. The smallest absolute Gasteiger partial charge is 0.348 e. The molecule has 0 fully saturated rings. The summed E-state index contributed by atoms with van der Waals surface area (Å²) in [4.78, 5) is 33.2. The van der Waals surface area contributed by atoms with Crippen LogP contribution in [-0.2, 0) is 9.59 Å². The van der Waals surface area contributed by atoms with E-state index in [1.807, 2.05) is 0 Å². The number of aromatic carboxylic acids is 1. The van der Waals surface area contributed by atoms with E-state index >= 15 is 0 Å². The molecule has 0 aliphatic rings. The molecule has 0 saturated heterocycles. The average Bonchev–Trinajstić information content (AvgIpc) is 2.60. The van der Waals surface area contributed by atoms with Crippen molar-refractivity contribution in [2.24, 2.45) is 0 Å². The highest BCUT2D eigenvalue weighted by Crippen LogP contribution is 2.27. The Labute approximate surface area is 108 Å². The lowest BCUT2D eigenvalue weighted by molar-refractivity contribution is -0.119. The summed E-state index contributed by atoms with van der Waals surface area (Å²) in [5.41, 5.74) is 1.05. The topological polar surface area (TPSA) is 95.5 Å². The molecule has 0 aliphatic carbocycles. The fraction of sp³-hybridized carbons (Fsp3) is 0.364. The van der Waals surface area contributed by atoms with E-state index in [1.165, 1.54) is 6.92 Å². The molecular formula is C11H14N2O4S. The number of hydrogen-bond donors (Lipinski definition) is 3. The van der Waals surface area contributed by atoms with Crippen LogP contribution in [0.3, 0.4) is 0 Å². The second-order valence-electron chi connectivity index (χ2n) is 3.71. The van der Waals surface area contributed by atoms with Crippen LogP contribution in [0.2, 0.25) is 0 Å². The molecule has 0 unspecified atom stereocenters. The van der Waals surface area contributed by atoms with Crippen LogP contribution in [0, 0.1) is 6.92 Å². The summed E-state index contributed by atoms with van der Waals surface area (Å²) in [7, 11) is 0. The van der Waals surface area contributed by atoms with Gasteiger partial charge in [-0.15, -0.1) is 11.3 Å². The van der Waals surface area contributed by atoms with Crippen molar-refractivity contribution in [3.05, 3.63) is 15.8 Å². The maximum Gasteiger partial charge on any atom is 0.348 e. The van der Waals surface area contributed by atoms with Crippen LogP contribution in [-0.4, -0.2) is 29.4 Å². The van der Waals surface area contributed by atoms with E-state index in [2.05, 4.69) is 10.6 Å². The first-order valence-corrected chi connectivity index (χ1v) is 6.15. The number of rotatable bonds is 5. The molecule has 18 heavy (non-hydrogen) atoms. The number of carboxylic acids is 1. The lowest BCUT2D eigenvalue weighted by Gasteiger charge is -2.06. The lowest BCUT2D eigenvalue weighted by atomic mass is 10.2. The highest BCUT2D eigenvalue weighted by Gasteiger charge is 2.16. The van der Waals surface area contributed by atoms with Crippen molar-refractivity contribution in [3.63, 3.8) is 0 Å². The van der Waals surface area contributed by atoms with Gasteiger partial charge in [0.2, 0.25) is 11.8 Å². The minimum Gasteiger partial charge on any atom is -0.477 e. The number of amides is 2. The highest BCUT2D eigenvalue weighted by molar-refractivity contribution is 7.12. The Hall–Kier alpha value is -1.89. The molecular weight excluding hydrogens is 256 g/mol. The third-order valence-corrected chi connectivity index (χ3v) is 3.25. The Balaban J connectivity index is 2.61. The summed E-state index contributed by atoms with van der Waals surface area (Å²) in [5, 5.41) is 15.7. The molecule has 0 radical (unpaired) electrons. The Bertz CT molecular complexity index is 481. The van der Waals surface area contributed by atoms with Gasteiger partial charge in [-0.1, -0.05) is 0 Å². The van der Waals surface area contributed by atoms with Gasteiger partial charge in [-0.05, 0) is 17.9 Å². The van der Waals surface area contributed by atoms with Crippen LogP contribution < -0.4 is 10.6 Å². The molecule has 0 aromatic carbocycles. The van der Waals surface area contributed by atoms with Gasteiger partial charge < -0.3 is 15.7 Å². The van der Waals surface area contributed by atoms with E-state index in [-0.39, 0.29) is 29.7 Å². The molecule has 1 rings (SSSR count). The molecule has 0 saturated carbocycles. The summed E-state index contributed by atoms with van der Waals surface area (Å²) < 4.78 is 0. The zero-order chi connectivity index (χ0) is 13.7. The molecule has 2 amide bonds. The van der Waals surface area contributed by atoms with E-state index in [0.717, 1.165) is 11.3 Å². The molecule has 0 spiro atoms. The van der Waals surface area contributed by atoms with Gasteiger partial charge in [0.05, 0.1) is 5.69 Å². The number of aryl methyl sites for hydroxylation is 1. The van der Waals surface area contributed by atoms with Gasteiger partial charge >= 0.3 is 5.97 Å². The van der Waals surface area contributed by atoms with Crippen molar-refractivity contribution < 1.29 is 19.5 Å². The van der Waals surface area contributed by atoms with Crippen molar-refractivity contribution in [2.45, 2.75) is 20.3 Å². The normalized spacial score (nSPS) is 9.89. The van der Waals surface area contributed by atoms with Crippen molar-refractivity contribution >= 4 is 34.8 Å². The number of carbonyl (C=O) groups excluding carboxylic acids is 2. The van der Waals surface area contributed by atoms with Gasteiger partial charge in [0.15, 0.2) is 0 Å². The highest BCUT2D eigenvalue weighted by atomic mass is 32.1. The van der Waals surface area contributed by atoms with E-state index in [9.17, 15) is 14.4 Å². The summed E-state index contributed by atoms with van der Waals surface area (Å²) in [6, 6.07) is 0. The Morgan fingerprint density at radius 3 is 2.61 bits per heavy atom. The number of nitrogens with one attached hydrogen (secondary N) is 2. The molecule has 0 atom stereocenters. The average molecular weight is 270 g/mol. The first kappa shape index (κ1) is 14.2. The zero-order valence-electron chi connectivity index (χ0n) is 10.1. The van der Waals surface area contributed by atoms with Crippen molar-refractivity contribution in [2.75, 3.05) is 11.9 Å². The molecule has 7 heteroatoms. The number of anilines is 1. The summed E-state index contributed by atoms with van der Waals surface area (Å²) in [6.07, 6.45) is 0.105. The SMILES string of the molecule is CC(=O)NCCC(=O)Nc1c(C)csc1C(=O)O. The largest absolute Gasteiger partial charge is 0.477 e. The third kappa shape index (κ3) is 3.85. The number of carboxylic acid groups (broad SMARTS) is 1. The van der Waals surface area contributed by atoms with Crippen LogP contribution in [0.15, 0.2) is 5.38 Å². The van der Waals surface area contributed by atoms with E-state index in [1.54, 1.807) is 12.3 Å². The van der Waals surface area contributed by atoms with E-state index in [0.29, 0.717) is 11.3 Å². The van der Waals surface area contributed by atoms with Crippen LogP contribution in [0.1, 0.15) is 28.6 Å². The van der Waals surface area contributed by atoms with Crippen molar-refractivity contribution in [1.29, 1.82) is 0 Å². The summed E-state index contributed by atoms with van der Waals surface area (Å²) in [5.74, 6) is -1.60. The van der Waals surface area contributed by atoms with Crippen LogP contribution in [0.5, 0.6) is 0 Å². The van der Waals surface area contributed by atoms with Gasteiger partial charge in [-0.25, -0.2) is 4.79 Å². The minimum absolute atomic E-state index is 0.105. The van der Waals surface area contributed by atoms with Crippen molar-refractivity contribution in [3.8, 4) is 0 Å². The summed E-state index contributed by atoms with van der Waals surface area (Å²) in [6.45, 7) is 3.32. The quantitative estimate of drug-likeness (QED) is 0.749. The maximum absolute atomic E-state index is 11.6. The van der Waals surface area contributed by atoms with Gasteiger partial charge in [0.25, 0.3) is 0 Å². The predicted molar refractivity (Wildman–Crippen MR) is 67.9 cm³/mol. The molecule has 0 bridgehead atoms. The van der Waals surface area contributed by atoms with Crippen LogP contribution in [0.25, 0.3) is 0 Å². The monoisotopic (exact) mass is 270 g/mol. The van der Waals surface area contributed by atoms with E-state index < -0.39 is 5.97 Å². The zero-order valence-corrected chi connectivity index (χ0v) is 10.9. The predicted octanol–water partition coefficient (Wildman–Crippen LogP) is 1.22. The Morgan fingerprint density at radius 2 is 2.06 bits per heavy atom. The van der Waals surface area contributed by atoms with Crippen LogP contribution in [0.4, 0.5) is 5.69 Å². The number of thiophene rings is 1. The van der Waals surface area contributed by atoms with E-state index in [4.69, 9.17) is 5.11 Å². The first-order chi connectivity index (χ1) is 8.41. The van der Waals surface area contributed by atoms with Crippen molar-refractivity contribution in [1.82, 2.24) is 5.32 Å². The molecule has 98 valence electrons.